The highest BCUT2D eigenvalue weighted by Crippen LogP contribution is 2.42. The highest BCUT2D eigenvalue weighted by Gasteiger charge is 2.33. The molecule has 2 aliphatic heterocycles. The second kappa shape index (κ2) is 8.81. The predicted octanol–water partition coefficient (Wildman–Crippen LogP) is 5.47. The summed E-state index contributed by atoms with van der Waals surface area (Å²) in [5, 5.41) is 0. The second-order valence-electron chi connectivity index (χ2n) is 7.80. The maximum atomic E-state index is 13.0. The van der Waals surface area contributed by atoms with Gasteiger partial charge in [0.1, 0.15) is 24.0 Å². The summed E-state index contributed by atoms with van der Waals surface area (Å²) in [5.74, 6) is 2.50. The third kappa shape index (κ3) is 4.04. The minimum Gasteiger partial charge on any atom is -0.496 e. The second-order valence-corrected chi connectivity index (χ2v) is 8.72. The molecule has 5 rings (SSSR count). The monoisotopic (exact) mass is 491 g/mol. The molecular formula is C26H22BrNO4. The number of ether oxygens (including phenoxy) is 3. The van der Waals surface area contributed by atoms with Gasteiger partial charge in [-0.15, -0.1) is 0 Å². The summed E-state index contributed by atoms with van der Waals surface area (Å²) in [6, 6.07) is 19.5. The lowest BCUT2D eigenvalue weighted by molar-refractivity contribution is 0.0948. The summed E-state index contributed by atoms with van der Waals surface area (Å²) in [5.41, 5.74) is 3.56. The van der Waals surface area contributed by atoms with E-state index in [0.717, 1.165) is 45.6 Å². The lowest BCUT2D eigenvalue weighted by Crippen LogP contribution is -2.33. The molecule has 2 aliphatic rings. The Bertz CT molecular complexity index is 1220. The Morgan fingerprint density at radius 1 is 1.12 bits per heavy atom. The molecule has 0 saturated heterocycles. The van der Waals surface area contributed by atoms with E-state index < -0.39 is 0 Å². The van der Waals surface area contributed by atoms with Gasteiger partial charge in [-0.2, -0.15) is 0 Å². The Hall–Kier alpha value is -3.09. The number of para-hydroxylation sites is 1. The van der Waals surface area contributed by atoms with Crippen molar-refractivity contribution in [2.24, 2.45) is 0 Å². The SMILES string of the molecule is COc1ccccc1CCN1COc2ccc3c(c2C1)O/C(=C\c1cccc(Br)c1)C3=O. The Kier molecular flexibility index (Phi) is 5.72. The van der Waals surface area contributed by atoms with Gasteiger partial charge in [-0.25, -0.2) is 0 Å². The van der Waals surface area contributed by atoms with Crippen molar-refractivity contribution in [1.82, 2.24) is 4.90 Å². The summed E-state index contributed by atoms with van der Waals surface area (Å²) < 4.78 is 18.5. The highest BCUT2D eigenvalue weighted by atomic mass is 79.9. The Morgan fingerprint density at radius 3 is 2.84 bits per heavy atom. The van der Waals surface area contributed by atoms with Gasteiger partial charge in [0.05, 0.1) is 18.2 Å². The first-order valence-corrected chi connectivity index (χ1v) is 11.2. The van der Waals surface area contributed by atoms with Crippen LogP contribution in [0.3, 0.4) is 0 Å². The normalized spacial score (nSPS) is 16.3. The Labute approximate surface area is 195 Å². The number of halogens is 1. The van der Waals surface area contributed by atoms with E-state index in [0.29, 0.717) is 30.3 Å². The van der Waals surface area contributed by atoms with E-state index in [1.807, 2.05) is 48.5 Å². The Morgan fingerprint density at radius 2 is 2.00 bits per heavy atom. The van der Waals surface area contributed by atoms with Crippen molar-refractivity contribution in [3.8, 4) is 17.2 Å². The average molecular weight is 492 g/mol. The molecule has 0 aromatic heterocycles. The summed E-state index contributed by atoms with van der Waals surface area (Å²) in [7, 11) is 1.69. The summed E-state index contributed by atoms with van der Waals surface area (Å²) in [6.45, 7) is 1.96. The number of Topliss-reactive ketones (excluding diaryl/α,β-unsaturated/α-hetero) is 1. The fraction of sp³-hybridized carbons (Fsp3) is 0.192. The van der Waals surface area contributed by atoms with Gasteiger partial charge in [0.2, 0.25) is 5.78 Å². The third-order valence-electron chi connectivity index (χ3n) is 5.72. The van der Waals surface area contributed by atoms with Crippen LogP contribution in [0.1, 0.15) is 27.0 Å². The summed E-state index contributed by atoms with van der Waals surface area (Å²) >= 11 is 3.47. The van der Waals surface area contributed by atoms with Crippen LogP contribution in [-0.2, 0) is 13.0 Å². The van der Waals surface area contributed by atoms with E-state index in [9.17, 15) is 4.79 Å². The standard InChI is InChI=1S/C26H22BrNO4/c1-30-22-8-3-2-6-18(22)11-12-28-15-21-23(31-16-28)10-9-20-25(29)24(32-26(20)21)14-17-5-4-7-19(27)13-17/h2-10,13-14H,11-12,15-16H2,1H3/b24-14-. The quantitative estimate of drug-likeness (QED) is 0.443. The Balaban J connectivity index is 1.36. The van der Waals surface area contributed by atoms with Crippen LogP contribution in [0.15, 0.2) is 70.9 Å². The zero-order valence-corrected chi connectivity index (χ0v) is 19.2. The first kappa shape index (κ1) is 20.8. The fourth-order valence-electron chi connectivity index (χ4n) is 4.08. The minimum atomic E-state index is -0.103. The van der Waals surface area contributed by atoms with E-state index in [-0.39, 0.29) is 5.78 Å². The molecular weight excluding hydrogens is 470 g/mol. The highest BCUT2D eigenvalue weighted by molar-refractivity contribution is 9.10. The number of benzene rings is 3. The van der Waals surface area contributed by atoms with Crippen LogP contribution in [0, 0.1) is 0 Å². The molecule has 0 unspecified atom stereocenters. The molecule has 2 heterocycles. The lowest BCUT2D eigenvalue weighted by atomic mass is 10.0. The maximum Gasteiger partial charge on any atom is 0.231 e. The molecule has 0 saturated carbocycles. The molecule has 0 bridgehead atoms. The zero-order valence-electron chi connectivity index (χ0n) is 17.6. The topological polar surface area (TPSA) is 48.0 Å². The largest absolute Gasteiger partial charge is 0.496 e. The molecule has 0 spiro atoms. The van der Waals surface area contributed by atoms with Crippen molar-refractivity contribution >= 4 is 27.8 Å². The summed E-state index contributed by atoms with van der Waals surface area (Å²) in [4.78, 5) is 15.2. The van der Waals surface area contributed by atoms with E-state index in [1.54, 1.807) is 19.3 Å². The van der Waals surface area contributed by atoms with Crippen LogP contribution in [0.5, 0.6) is 17.2 Å². The number of carbonyl (C=O) groups excluding carboxylic acids is 1. The number of rotatable bonds is 5. The molecule has 0 fully saturated rings. The molecule has 0 radical (unpaired) electrons. The molecule has 0 amide bonds. The predicted molar refractivity (Wildman–Crippen MR) is 126 cm³/mol. The van der Waals surface area contributed by atoms with Crippen LogP contribution < -0.4 is 14.2 Å². The fourth-order valence-corrected chi connectivity index (χ4v) is 4.50. The van der Waals surface area contributed by atoms with Crippen molar-refractivity contribution in [1.29, 1.82) is 0 Å². The van der Waals surface area contributed by atoms with Gasteiger partial charge < -0.3 is 14.2 Å². The van der Waals surface area contributed by atoms with Crippen LogP contribution in [0.4, 0.5) is 0 Å². The van der Waals surface area contributed by atoms with Crippen LogP contribution >= 0.6 is 15.9 Å². The van der Waals surface area contributed by atoms with Crippen molar-refractivity contribution in [2.75, 3.05) is 20.4 Å². The van der Waals surface area contributed by atoms with Crippen LogP contribution in [-0.4, -0.2) is 31.1 Å². The lowest BCUT2D eigenvalue weighted by Gasteiger charge is -2.29. The van der Waals surface area contributed by atoms with E-state index in [4.69, 9.17) is 14.2 Å². The number of ketones is 1. The van der Waals surface area contributed by atoms with Crippen LogP contribution in [0.2, 0.25) is 0 Å². The number of methoxy groups -OCH3 is 1. The zero-order chi connectivity index (χ0) is 22.1. The first-order chi connectivity index (χ1) is 15.6. The molecule has 0 atom stereocenters. The summed E-state index contributed by atoms with van der Waals surface area (Å²) in [6.07, 6.45) is 2.62. The van der Waals surface area contributed by atoms with Gasteiger partial charge in [0.25, 0.3) is 0 Å². The molecule has 3 aromatic rings. The number of fused-ring (bicyclic) bond motifs is 3. The number of nitrogens with zero attached hydrogens (tertiary/aromatic N) is 1. The number of hydrogen-bond donors (Lipinski definition) is 0. The van der Waals surface area contributed by atoms with Crippen molar-refractivity contribution in [2.45, 2.75) is 13.0 Å². The molecule has 3 aromatic carbocycles. The van der Waals surface area contributed by atoms with Gasteiger partial charge in [-0.1, -0.05) is 46.3 Å². The molecule has 32 heavy (non-hydrogen) atoms. The first-order valence-electron chi connectivity index (χ1n) is 10.4. The molecule has 6 heteroatoms. The van der Waals surface area contributed by atoms with Crippen molar-refractivity contribution < 1.29 is 19.0 Å². The van der Waals surface area contributed by atoms with Gasteiger partial charge in [0.15, 0.2) is 5.76 Å². The number of allylic oxidation sites excluding steroid dienone is 1. The minimum absolute atomic E-state index is 0.103. The van der Waals surface area contributed by atoms with Crippen molar-refractivity contribution in [3.05, 3.63) is 93.1 Å². The van der Waals surface area contributed by atoms with E-state index in [2.05, 4.69) is 26.9 Å². The molecule has 0 aliphatic carbocycles. The molecule has 0 N–H and O–H groups in total. The van der Waals surface area contributed by atoms with Gasteiger partial charge in [-0.05, 0) is 54.0 Å². The van der Waals surface area contributed by atoms with E-state index in [1.165, 1.54) is 0 Å². The smallest absolute Gasteiger partial charge is 0.231 e. The molecule has 162 valence electrons. The average Bonchev–Trinajstić information content (AvgIpc) is 3.13. The maximum absolute atomic E-state index is 13.0. The van der Waals surface area contributed by atoms with Gasteiger partial charge >= 0.3 is 0 Å². The third-order valence-corrected chi connectivity index (χ3v) is 6.21. The molecule has 5 nitrogen and oxygen atoms in total. The number of carbonyl (C=O) groups is 1. The van der Waals surface area contributed by atoms with Gasteiger partial charge in [-0.3, -0.25) is 9.69 Å². The van der Waals surface area contributed by atoms with Crippen molar-refractivity contribution in [3.63, 3.8) is 0 Å². The van der Waals surface area contributed by atoms with Gasteiger partial charge in [0, 0.05) is 17.6 Å². The number of hydrogen-bond acceptors (Lipinski definition) is 5. The van der Waals surface area contributed by atoms with E-state index >= 15 is 0 Å². The van der Waals surface area contributed by atoms with Crippen LogP contribution in [0.25, 0.3) is 6.08 Å².